The van der Waals surface area contributed by atoms with Crippen LogP contribution in [0.2, 0.25) is 0 Å². The molecule has 1 amide bonds. The number of carbonyl (C=O) groups is 1. The summed E-state index contributed by atoms with van der Waals surface area (Å²) in [6.45, 7) is 4.07. The van der Waals surface area contributed by atoms with Crippen molar-refractivity contribution in [1.82, 2.24) is 14.3 Å². The molecule has 146 valence electrons. The van der Waals surface area contributed by atoms with E-state index < -0.39 is 0 Å². The first-order valence-corrected chi connectivity index (χ1v) is 10.4. The predicted octanol–water partition coefficient (Wildman–Crippen LogP) is 5.01. The van der Waals surface area contributed by atoms with E-state index in [0.29, 0.717) is 5.75 Å². The molecular formula is C23H22N4OS. The number of rotatable bonds is 6. The lowest BCUT2D eigenvalue weighted by Crippen LogP contribution is -2.16. The summed E-state index contributed by atoms with van der Waals surface area (Å²) in [6, 6.07) is 19.8. The molecule has 0 saturated heterocycles. The fourth-order valence-electron chi connectivity index (χ4n) is 3.14. The molecule has 3 heterocycles. The van der Waals surface area contributed by atoms with Crippen LogP contribution < -0.4 is 5.32 Å². The van der Waals surface area contributed by atoms with Gasteiger partial charge in [0.25, 0.3) is 0 Å². The van der Waals surface area contributed by atoms with Gasteiger partial charge < -0.3 is 5.32 Å². The van der Waals surface area contributed by atoms with E-state index in [1.54, 1.807) is 6.20 Å². The smallest absolute Gasteiger partial charge is 0.234 e. The van der Waals surface area contributed by atoms with Crippen molar-refractivity contribution in [2.24, 2.45) is 0 Å². The Bertz CT molecular complexity index is 1120. The van der Waals surface area contributed by atoms with Gasteiger partial charge in [0.05, 0.1) is 22.2 Å². The summed E-state index contributed by atoms with van der Waals surface area (Å²) in [5.74, 6) is 0.295. The molecule has 4 rings (SSSR count). The third kappa shape index (κ3) is 4.12. The first-order chi connectivity index (χ1) is 14.1. The zero-order valence-electron chi connectivity index (χ0n) is 16.4. The second-order valence-corrected chi connectivity index (χ2v) is 7.73. The van der Waals surface area contributed by atoms with E-state index >= 15 is 0 Å². The second kappa shape index (κ2) is 8.41. The van der Waals surface area contributed by atoms with E-state index in [2.05, 4.69) is 15.0 Å². The van der Waals surface area contributed by atoms with E-state index in [9.17, 15) is 4.79 Å². The zero-order chi connectivity index (χ0) is 20.2. The van der Waals surface area contributed by atoms with E-state index in [0.717, 1.165) is 33.2 Å². The highest BCUT2D eigenvalue weighted by Gasteiger charge is 2.14. The molecule has 5 nitrogen and oxygen atoms in total. The monoisotopic (exact) mass is 402 g/mol. The molecule has 0 fully saturated rings. The van der Waals surface area contributed by atoms with Crippen LogP contribution in [0.25, 0.3) is 11.4 Å². The first-order valence-electron chi connectivity index (χ1n) is 9.39. The molecule has 0 bridgehead atoms. The summed E-state index contributed by atoms with van der Waals surface area (Å²) < 4.78 is 4.06. The number of anilines is 1. The van der Waals surface area contributed by atoms with Crippen LogP contribution in [-0.4, -0.2) is 26.0 Å². The summed E-state index contributed by atoms with van der Waals surface area (Å²) in [7, 11) is 0. The lowest BCUT2D eigenvalue weighted by molar-refractivity contribution is -0.113. The zero-order valence-corrected chi connectivity index (χ0v) is 17.2. The van der Waals surface area contributed by atoms with E-state index in [4.69, 9.17) is 0 Å². The SMILES string of the molecule is Cc1cccc(NC(=O)CSc2ccc(-c3ccccn3)n2-n2cccc2)c1C. The Morgan fingerprint density at radius 3 is 2.59 bits per heavy atom. The van der Waals surface area contributed by atoms with Crippen LogP contribution in [0.1, 0.15) is 11.1 Å². The molecule has 6 heteroatoms. The number of aromatic nitrogens is 3. The van der Waals surface area contributed by atoms with Gasteiger partial charge in [0.15, 0.2) is 0 Å². The summed E-state index contributed by atoms with van der Waals surface area (Å²) in [4.78, 5) is 17.0. The highest BCUT2D eigenvalue weighted by Crippen LogP contribution is 2.28. The van der Waals surface area contributed by atoms with Crippen LogP contribution in [0.3, 0.4) is 0 Å². The summed E-state index contributed by atoms with van der Waals surface area (Å²) in [5, 5.41) is 4.00. The molecule has 3 aromatic heterocycles. The number of nitrogens with one attached hydrogen (secondary N) is 1. The van der Waals surface area contributed by atoms with Crippen molar-refractivity contribution in [3.8, 4) is 11.4 Å². The number of thioether (sulfide) groups is 1. The third-order valence-corrected chi connectivity index (χ3v) is 5.81. The minimum absolute atomic E-state index is 0.0247. The molecule has 0 unspecified atom stereocenters. The van der Waals surface area contributed by atoms with Crippen LogP contribution in [-0.2, 0) is 4.79 Å². The van der Waals surface area contributed by atoms with Crippen molar-refractivity contribution in [2.75, 3.05) is 11.1 Å². The van der Waals surface area contributed by atoms with Crippen molar-refractivity contribution in [3.05, 3.63) is 90.4 Å². The number of amides is 1. The maximum absolute atomic E-state index is 12.6. The van der Waals surface area contributed by atoms with Crippen molar-refractivity contribution >= 4 is 23.4 Å². The molecule has 4 aromatic rings. The Hall–Kier alpha value is -3.25. The Morgan fingerprint density at radius 2 is 1.83 bits per heavy atom. The summed E-state index contributed by atoms with van der Waals surface area (Å²) in [5.41, 5.74) is 4.98. The average molecular weight is 403 g/mol. The second-order valence-electron chi connectivity index (χ2n) is 6.73. The topological polar surface area (TPSA) is 51.9 Å². The molecule has 0 aliphatic rings. The van der Waals surface area contributed by atoms with Gasteiger partial charge in [-0.1, -0.05) is 30.0 Å². The molecule has 0 radical (unpaired) electrons. The van der Waals surface area contributed by atoms with Gasteiger partial charge in [-0.3, -0.25) is 14.5 Å². The Balaban J connectivity index is 1.55. The van der Waals surface area contributed by atoms with Gasteiger partial charge in [-0.2, -0.15) is 0 Å². The lowest BCUT2D eigenvalue weighted by Gasteiger charge is -2.14. The van der Waals surface area contributed by atoms with Crippen molar-refractivity contribution in [3.63, 3.8) is 0 Å². The van der Waals surface area contributed by atoms with Gasteiger partial charge in [0.1, 0.15) is 0 Å². The molecule has 0 atom stereocenters. The van der Waals surface area contributed by atoms with Crippen molar-refractivity contribution in [2.45, 2.75) is 18.9 Å². The molecular weight excluding hydrogens is 380 g/mol. The van der Waals surface area contributed by atoms with E-state index in [1.165, 1.54) is 11.8 Å². The molecule has 0 aliphatic heterocycles. The van der Waals surface area contributed by atoms with Gasteiger partial charge in [-0.25, -0.2) is 4.68 Å². The molecule has 0 spiro atoms. The van der Waals surface area contributed by atoms with Gasteiger partial charge in [-0.15, -0.1) is 0 Å². The fourth-order valence-corrected chi connectivity index (χ4v) is 3.97. The number of pyridine rings is 1. The van der Waals surface area contributed by atoms with Crippen LogP contribution in [0.15, 0.2) is 84.3 Å². The van der Waals surface area contributed by atoms with Gasteiger partial charge >= 0.3 is 0 Å². The maximum Gasteiger partial charge on any atom is 0.234 e. The Labute approximate surface area is 174 Å². The summed E-state index contributed by atoms with van der Waals surface area (Å²) in [6.07, 6.45) is 5.74. The first kappa shape index (κ1) is 19.1. The number of carbonyl (C=O) groups excluding carboxylic acids is 1. The van der Waals surface area contributed by atoms with Crippen molar-refractivity contribution < 1.29 is 4.79 Å². The number of benzene rings is 1. The van der Waals surface area contributed by atoms with Gasteiger partial charge in [0.2, 0.25) is 5.91 Å². The largest absolute Gasteiger partial charge is 0.325 e. The molecule has 0 saturated carbocycles. The van der Waals surface area contributed by atoms with Gasteiger partial charge in [-0.05, 0) is 67.4 Å². The number of nitrogens with zero attached hydrogens (tertiary/aromatic N) is 3. The molecule has 1 aromatic carbocycles. The van der Waals surface area contributed by atoms with Crippen LogP contribution in [0.5, 0.6) is 0 Å². The summed E-state index contributed by atoms with van der Waals surface area (Å²) >= 11 is 1.50. The molecule has 29 heavy (non-hydrogen) atoms. The number of hydrogen-bond donors (Lipinski definition) is 1. The van der Waals surface area contributed by atoms with E-state index in [-0.39, 0.29) is 5.91 Å². The average Bonchev–Trinajstić information content (AvgIpc) is 3.40. The highest BCUT2D eigenvalue weighted by atomic mass is 32.2. The van der Waals surface area contributed by atoms with Crippen LogP contribution in [0, 0.1) is 13.8 Å². The quantitative estimate of drug-likeness (QED) is 0.461. The van der Waals surface area contributed by atoms with E-state index in [1.807, 2.05) is 91.6 Å². The fraction of sp³-hybridized carbons (Fsp3) is 0.130. The lowest BCUT2D eigenvalue weighted by atomic mass is 10.1. The Morgan fingerprint density at radius 1 is 1.00 bits per heavy atom. The number of aryl methyl sites for hydroxylation is 1. The standard InChI is InChI=1S/C23H22N4OS/c1-17-8-7-10-19(18(17)2)25-22(28)16-29-23-12-11-21(20-9-3-4-13-24-20)27(23)26-14-5-6-15-26/h3-15H,16H2,1-2H3,(H,25,28). The van der Waals surface area contributed by atoms with Crippen LogP contribution >= 0.6 is 11.8 Å². The van der Waals surface area contributed by atoms with Crippen molar-refractivity contribution in [1.29, 1.82) is 0 Å². The maximum atomic E-state index is 12.6. The van der Waals surface area contributed by atoms with Gasteiger partial charge in [0, 0.05) is 24.3 Å². The predicted molar refractivity (Wildman–Crippen MR) is 118 cm³/mol. The minimum Gasteiger partial charge on any atom is -0.325 e. The molecule has 0 aliphatic carbocycles. The Kier molecular flexibility index (Phi) is 5.53. The normalized spacial score (nSPS) is 10.8. The third-order valence-electron chi connectivity index (χ3n) is 4.80. The molecule has 1 N–H and O–H groups in total. The van der Waals surface area contributed by atoms with Crippen LogP contribution in [0.4, 0.5) is 5.69 Å². The minimum atomic E-state index is -0.0247. The highest BCUT2D eigenvalue weighted by molar-refractivity contribution is 7.99. The number of hydrogen-bond acceptors (Lipinski definition) is 3.